The molecule has 0 unspecified atom stereocenters. The summed E-state index contributed by atoms with van der Waals surface area (Å²) in [5, 5.41) is 21.9. The van der Waals surface area contributed by atoms with Crippen molar-refractivity contribution in [1.82, 2.24) is 4.90 Å². The van der Waals surface area contributed by atoms with Crippen LogP contribution in [0.1, 0.15) is 25.0 Å². The van der Waals surface area contributed by atoms with Crippen molar-refractivity contribution in [3.05, 3.63) is 23.3 Å². The number of nitrogens with one attached hydrogen (secondary N) is 3. The van der Waals surface area contributed by atoms with Gasteiger partial charge in [0.05, 0.1) is 32.4 Å². The molecule has 0 spiro atoms. The first kappa shape index (κ1) is 20.1. The molecule has 0 radical (unpaired) electrons. The highest BCUT2D eigenvalue weighted by molar-refractivity contribution is 5.71. The van der Waals surface area contributed by atoms with Gasteiger partial charge in [0.15, 0.2) is 6.34 Å². The third-order valence-electron chi connectivity index (χ3n) is 3.52. The predicted molar refractivity (Wildman–Crippen MR) is 99.8 cm³/mol. The molecule has 0 aliphatic rings. The van der Waals surface area contributed by atoms with Crippen molar-refractivity contribution in [2.75, 3.05) is 19.8 Å². The highest BCUT2D eigenvalue weighted by Gasteiger charge is 2.14. The summed E-state index contributed by atoms with van der Waals surface area (Å²) in [7, 11) is 0. The molecule has 0 heterocycles. The highest BCUT2D eigenvalue weighted by atomic mass is 16.5. The van der Waals surface area contributed by atoms with Gasteiger partial charge < -0.3 is 20.1 Å². The van der Waals surface area contributed by atoms with Gasteiger partial charge in [-0.15, -0.1) is 0 Å². The van der Waals surface area contributed by atoms with Crippen molar-refractivity contribution in [2.45, 2.75) is 26.8 Å². The van der Waals surface area contributed by atoms with Gasteiger partial charge in [-0.1, -0.05) is 0 Å². The van der Waals surface area contributed by atoms with Crippen LogP contribution < -0.4 is 15.2 Å². The van der Waals surface area contributed by atoms with Crippen LogP contribution in [-0.2, 0) is 13.0 Å². The molecule has 0 fully saturated rings. The molecule has 8 heteroatoms. The minimum Gasteiger partial charge on any atom is -0.494 e. The molecule has 0 bridgehead atoms. The third kappa shape index (κ3) is 5.91. The molecule has 0 atom stereocenters. The van der Waals surface area contributed by atoms with Crippen molar-refractivity contribution in [3.63, 3.8) is 0 Å². The van der Waals surface area contributed by atoms with Crippen LogP contribution in [0.15, 0.2) is 12.1 Å². The fraction of sp³-hybridized carbons (Fsp3) is 0.412. The molecule has 1 aromatic carbocycles. The van der Waals surface area contributed by atoms with E-state index in [1.54, 1.807) is 4.58 Å². The molecule has 136 valence electrons. The number of hydrogen-bond acceptors (Lipinski definition) is 5. The summed E-state index contributed by atoms with van der Waals surface area (Å²) in [5.41, 5.74) is 7.34. The average molecular weight is 347 g/mol. The van der Waals surface area contributed by atoms with Gasteiger partial charge in [0.25, 0.3) is 0 Å². The summed E-state index contributed by atoms with van der Waals surface area (Å²) in [4.78, 5) is 1.48. The van der Waals surface area contributed by atoms with Crippen LogP contribution in [0.5, 0.6) is 11.5 Å². The third-order valence-corrected chi connectivity index (χ3v) is 3.52. The predicted octanol–water partition coefficient (Wildman–Crippen LogP) is 1.65. The minimum absolute atomic E-state index is 0.406. The Morgan fingerprint density at radius 2 is 1.60 bits per heavy atom. The minimum atomic E-state index is 0.406. The summed E-state index contributed by atoms with van der Waals surface area (Å²) in [6.07, 6.45) is 5.32. The van der Waals surface area contributed by atoms with E-state index in [1.165, 1.54) is 11.2 Å². The van der Waals surface area contributed by atoms with E-state index in [2.05, 4.69) is 0 Å². The molecule has 0 aliphatic heterocycles. The van der Waals surface area contributed by atoms with Gasteiger partial charge >= 0.3 is 0 Å². The van der Waals surface area contributed by atoms with Crippen molar-refractivity contribution in [2.24, 2.45) is 5.73 Å². The van der Waals surface area contributed by atoms with E-state index < -0.39 is 0 Å². The zero-order valence-corrected chi connectivity index (χ0v) is 14.8. The molecule has 8 nitrogen and oxygen atoms in total. The molecule has 0 saturated heterocycles. The van der Waals surface area contributed by atoms with Crippen LogP contribution in [0.25, 0.3) is 0 Å². The second kappa shape index (κ2) is 10.8. The van der Waals surface area contributed by atoms with Crippen molar-refractivity contribution in [1.29, 1.82) is 16.2 Å². The van der Waals surface area contributed by atoms with E-state index in [4.69, 9.17) is 31.4 Å². The fourth-order valence-corrected chi connectivity index (χ4v) is 2.30. The lowest BCUT2D eigenvalue weighted by molar-refractivity contribution is -0.413. The lowest BCUT2D eigenvalue weighted by Gasteiger charge is -2.18. The maximum Gasteiger partial charge on any atom is 0.216 e. The lowest BCUT2D eigenvalue weighted by Crippen LogP contribution is -2.22. The van der Waals surface area contributed by atoms with Gasteiger partial charge in [0.1, 0.15) is 11.5 Å². The highest BCUT2D eigenvalue weighted by Crippen LogP contribution is 2.30. The first-order chi connectivity index (χ1) is 12.1. The van der Waals surface area contributed by atoms with Gasteiger partial charge in [0.2, 0.25) is 6.34 Å². The molecule has 0 saturated carbocycles. The molecule has 1 aromatic rings. The number of nitrogens with two attached hydrogens (primary N) is 1. The summed E-state index contributed by atoms with van der Waals surface area (Å²) < 4.78 is 13.0. The van der Waals surface area contributed by atoms with Crippen LogP contribution in [0, 0.1) is 16.2 Å². The second-order valence-electron chi connectivity index (χ2n) is 5.13. The topological polar surface area (TPSA) is 122 Å². The van der Waals surface area contributed by atoms with Crippen molar-refractivity contribution >= 4 is 25.4 Å². The number of nitrogens with zero attached hydrogens (tertiary/aromatic N) is 2. The monoisotopic (exact) mass is 347 g/mol. The molecule has 0 aromatic heterocycles. The maximum absolute atomic E-state index is 7.38. The van der Waals surface area contributed by atoms with Crippen LogP contribution in [0.3, 0.4) is 0 Å². The molecule has 0 amide bonds. The molecule has 1 rings (SSSR count). The van der Waals surface area contributed by atoms with Gasteiger partial charge in [-0.25, -0.2) is 4.58 Å². The quantitative estimate of drug-likeness (QED) is 0.261. The van der Waals surface area contributed by atoms with Crippen LogP contribution in [0.2, 0.25) is 0 Å². The Bertz CT molecular complexity index is 622. The van der Waals surface area contributed by atoms with E-state index in [0.29, 0.717) is 38.5 Å². The van der Waals surface area contributed by atoms with Crippen LogP contribution >= 0.6 is 0 Å². The SMILES string of the molecule is CCOc1cc(C[N+](C=N)=CN)c(OCC)cc1CCN(C=N)C=N. The van der Waals surface area contributed by atoms with Gasteiger partial charge in [0, 0.05) is 12.1 Å². The largest absolute Gasteiger partial charge is 0.494 e. The second-order valence-corrected chi connectivity index (χ2v) is 5.13. The number of benzene rings is 1. The maximum atomic E-state index is 7.38. The summed E-state index contributed by atoms with van der Waals surface area (Å²) in [6.45, 7) is 5.78. The van der Waals surface area contributed by atoms with Crippen molar-refractivity contribution < 1.29 is 14.0 Å². The molecular weight excluding hydrogens is 320 g/mol. The van der Waals surface area contributed by atoms with E-state index in [1.807, 2.05) is 26.0 Å². The Hall–Kier alpha value is -2.90. The van der Waals surface area contributed by atoms with Crippen molar-refractivity contribution in [3.8, 4) is 11.5 Å². The van der Waals surface area contributed by atoms with Gasteiger partial charge in [-0.2, -0.15) is 5.41 Å². The summed E-state index contributed by atoms with van der Waals surface area (Å²) in [5.74, 6) is 1.45. The smallest absolute Gasteiger partial charge is 0.216 e. The number of hydrogen-bond donors (Lipinski definition) is 4. The van der Waals surface area contributed by atoms with Gasteiger partial charge in [-0.3, -0.25) is 10.8 Å². The number of rotatable bonds is 12. The van der Waals surface area contributed by atoms with Crippen LogP contribution in [0.4, 0.5) is 0 Å². The Balaban J connectivity index is 3.22. The molecule has 25 heavy (non-hydrogen) atoms. The number of ether oxygens (including phenoxy) is 2. The Labute approximate surface area is 148 Å². The Morgan fingerprint density at radius 3 is 2.08 bits per heavy atom. The average Bonchev–Trinajstić information content (AvgIpc) is 2.63. The Kier molecular flexibility index (Phi) is 8.70. The zero-order valence-electron chi connectivity index (χ0n) is 14.8. The first-order valence-corrected chi connectivity index (χ1v) is 8.13. The lowest BCUT2D eigenvalue weighted by atomic mass is 10.1. The zero-order chi connectivity index (χ0) is 18.7. The van der Waals surface area contributed by atoms with E-state index in [-0.39, 0.29) is 0 Å². The first-order valence-electron chi connectivity index (χ1n) is 8.13. The fourth-order valence-electron chi connectivity index (χ4n) is 2.30. The Morgan fingerprint density at radius 1 is 1.04 bits per heavy atom. The van der Waals surface area contributed by atoms with E-state index in [9.17, 15) is 0 Å². The summed E-state index contributed by atoms with van der Waals surface area (Å²) in [6, 6.07) is 3.83. The normalized spacial score (nSPS) is 10.9. The standard InChI is InChI=1S/C17H26N6O2/c1-3-24-16-8-15(9-23(12-20)13-21)17(25-4-2)7-14(16)5-6-22(10-18)11-19/h7-8,10-13,18-21H,3-6,9H2,1-2H3/p+1. The molecular formula is C17H27N6O2+. The molecule has 0 aliphatic carbocycles. The summed E-state index contributed by atoms with van der Waals surface area (Å²) >= 11 is 0. The van der Waals surface area contributed by atoms with Crippen LogP contribution in [-0.4, -0.2) is 54.6 Å². The van der Waals surface area contributed by atoms with E-state index in [0.717, 1.165) is 35.9 Å². The van der Waals surface area contributed by atoms with Gasteiger partial charge in [-0.05, 0) is 38.0 Å². The molecule has 5 N–H and O–H groups in total. The van der Waals surface area contributed by atoms with E-state index >= 15 is 0 Å².